The first-order valence-corrected chi connectivity index (χ1v) is 5.22. The fourth-order valence-corrected chi connectivity index (χ4v) is 1.25. The summed E-state index contributed by atoms with van der Waals surface area (Å²) in [5.74, 6) is -0.264. The van der Waals surface area contributed by atoms with Crippen molar-refractivity contribution < 1.29 is 9.72 Å². The van der Waals surface area contributed by atoms with E-state index in [-0.39, 0.29) is 24.1 Å². The van der Waals surface area contributed by atoms with Gasteiger partial charge < -0.3 is 20.7 Å². The van der Waals surface area contributed by atoms with Crippen molar-refractivity contribution in [1.82, 2.24) is 14.9 Å². The average Bonchev–Trinajstić information content (AvgIpc) is 2.65. The monoisotopic (exact) mass is 241 g/mol. The van der Waals surface area contributed by atoms with Crippen LogP contribution in [0.2, 0.25) is 0 Å². The SMILES string of the molecule is CCCNC(=O)CNc1c([N+](=O)[O-])ncn1C. The van der Waals surface area contributed by atoms with Gasteiger partial charge in [-0.3, -0.25) is 9.36 Å². The molecule has 0 atom stereocenters. The minimum absolute atomic E-state index is 0.0135. The van der Waals surface area contributed by atoms with Crippen molar-refractivity contribution in [1.29, 1.82) is 0 Å². The van der Waals surface area contributed by atoms with Gasteiger partial charge in [0.05, 0.1) is 6.54 Å². The molecule has 1 amide bonds. The second-order valence-electron chi connectivity index (χ2n) is 3.49. The number of carbonyl (C=O) groups is 1. The molecule has 17 heavy (non-hydrogen) atoms. The zero-order chi connectivity index (χ0) is 12.8. The molecule has 0 fully saturated rings. The molecule has 0 saturated heterocycles. The molecule has 0 bridgehead atoms. The van der Waals surface area contributed by atoms with Gasteiger partial charge in [-0.2, -0.15) is 0 Å². The van der Waals surface area contributed by atoms with Crippen LogP contribution >= 0.6 is 0 Å². The van der Waals surface area contributed by atoms with Crippen LogP contribution in [-0.2, 0) is 11.8 Å². The number of nitrogens with one attached hydrogen (secondary N) is 2. The first kappa shape index (κ1) is 12.9. The van der Waals surface area contributed by atoms with Gasteiger partial charge in [0, 0.05) is 13.6 Å². The molecule has 1 rings (SSSR count). The molecule has 1 aromatic rings. The Bertz CT molecular complexity index is 415. The molecule has 0 aliphatic carbocycles. The van der Waals surface area contributed by atoms with E-state index >= 15 is 0 Å². The van der Waals surface area contributed by atoms with Crippen molar-refractivity contribution in [2.45, 2.75) is 13.3 Å². The Kier molecular flexibility index (Phi) is 4.44. The van der Waals surface area contributed by atoms with Gasteiger partial charge in [0.2, 0.25) is 18.1 Å². The van der Waals surface area contributed by atoms with Gasteiger partial charge >= 0.3 is 5.82 Å². The first-order chi connectivity index (χ1) is 8.06. The van der Waals surface area contributed by atoms with Crippen molar-refractivity contribution in [2.75, 3.05) is 18.4 Å². The number of aromatic nitrogens is 2. The van der Waals surface area contributed by atoms with Crippen molar-refractivity contribution >= 4 is 17.5 Å². The van der Waals surface area contributed by atoms with Crippen LogP contribution in [0.4, 0.5) is 11.6 Å². The Morgan fingerprint density at radius 3 is 2.94 bits per heavy atom. The van der Waals surface area contributed by atoms with Gasteiger partial charge in [-0.1, -0.05) is 6.92 Å². The number of hydrogen-bond acceptors (Lipinski definition) is 5. The molecule has 0 aliphatic rings. The number of amides is 1. The van der Waals surface area contributed by atoms with E-state index in [2.05, 4.69) is 15.6 Å². The summed E-state index contributed by atoms with van der Waals surface area (Å²) < 4.78 is 1.46. The lowest BCUT2D eigenvalue weighted by Crippen LogP contribution is -2.30. The van der Waals surface area contributed by atoms with Crippen LogP contribution in [0, 0.1) is 10.1 Å². The van der Waals surface area contributed by atoms with Crippen molar-refractivity contribution in [3.63, 3.8) is 0 Å². The van der Waals surface area contributed by atoms with Gasteiger partial charge in [0.15, 0.2) is 0 Å². The predicted octanol–water partition coefficient (Wildman–Crippen LogP) is 0.266. The number of nitro groups is 1. The lowest BCUT2D eigenvalue weighted by atomic mass is 10.4. The normalized spacial score (nSPS) is 10.0. The second-order valence-corrected chi connectivity index (χ2v) is 3.49. The zero-order valence-electron chi connectivity index (χ0n) is 9.77. The summed E-state index contributed by atoms with van der Waals surface area (Å²) in [6.45, 7) is 2.52. The van der Waals surface area contributed by atoms with Crippen LogP contribution in [0.1, 0.15) is 13.3 Å². The summed E-state index contributed by atoms with van der Waals surface area (Å²) in [5.41, 5.74) is 0. The summed E-state index contributed by atoms with van der Waals surface area (Å²) in [7, 11) is 1.62. The molecule has 0 aliphatic heterocycles. The second kappa shape index (κ2) is 5.83. The highest BCUT2D eigenvalue weighted by Crippen LogP contribution is 2.20. The summed E-state index contributed by atoms with van der Waals surface area (Å²) in [6, 6.07) is 0. The van der Waals surface area contributed by atoms with Gasteiger partial charge in [-0.05, 0) is 16.3 Å². The Morgan fingerprint density at radius 2 is 2.35 bits per heavy atom. The van der Waals surface area contributed by atoms with Crippen molar-refractivity contribution in [2.24, 2.45) is 7.05 Å². The predicted molar refractivity (Wildman–Crippen MR) is 61.7 cm³/mol. The third-order valence-electron chi connectivity index (χ3n) is 2.08. The fourth-order valence-electron chi connectivity index (χ4n) is 1.25. The van der Waals surface area contributed by atoms with E-state index in [9.17, 15) is 14.9 Å². The molecular weight excluding hydrogens is 226 g/mol. The summed E-state index contributed by atoms with van der Waals surface area (Å²) in [5, 5.41) is 16.0. The lowest BCUT2D eigenvalue weighted by molar-refractivity contribution is -0.388. The molecule has 0 radical (unpaired) electrons. The number of aryl methyl sites for hydroxylation is 1. The van der Waals surface area contributed by atoms with Gasteiger partial charge in [-0.15, -0.1) is 0 Å². The highest BCUT2D eigenvalue weighted by Gasteiger charge is 2.20. The van der Waals surface area contributed by atoms with Crippen LogP contribution in [0.15, 0.2) is 6.33 Å². The van der Waals surface area contributed by atoms with E-state index in [1.165, 1.54) is 10.9 Å². The van der Waals surface area contributed by atoms with E-state index < -0.39 is 4.92 Å². The van der Waals surface area contributed by atoms with Crippen LogP contribution < -0.4 is 10.6 Å². The molecule has 0 saturated carbocycles. The number of anilines is 1. The largest absolute Gasteiger partial charge is 0.406 e. The molecule has 0 aromatic carbocycles. The Balaban J connectivity index is 2.59. The Hall–Kier alpha value is -2.12. The zero-order valence-corrected chi connectivity index (χ0v) is 9.77. The minimum Gasteiger partial charge on any atom is -0.358 e. The highest BCUT2D eigenvalue weighted by atomic mass is 16.6. The summed E-state index contributed by atoms with van der Waals surface area (Å²) in [6.07, 6.45) is 2.17. The van der Waals surface area contributed by atoms with E-state index in [1.807, 2.05) is 6.92 Å². The minimum atomic E-state index is -0.591. The molecule has 2 N–H and O–H groups in total. The van der Waals surface area contributed by atoms with Crippen molar-refractivity contribution in [3.05, 3.63) is 16.4 Å². The lowest BCUT2D eigenvalue weighted by Gasteiger charge is -2.06. The molecule has 8 heteroatoms. The molecule has 1 aromatic heterocycles. The molecule has 1 heterocycles. The standard InChI is InChI=1S/C9H15N5O3/c1-3-4-10-7(15)5-11-8-9(14(16)17)12-6-13(8)2/h6,11H,3-5H2,1-2H3,(H,10,15). The third kappa shape index (κ3) is 3.44. The average molecular weight is 241 g/mol. The Morgan fingerprint density at radius 1 is 1.65 bits per heavy atom. The van der Waals surface area contributed by atoms with E-state index in [0.717, 1.165) is 6.42 Å². The molecule has 94 valence electrons. The summed E-state index contributed by atoms with van der Waals surface area (Å²) in [4.78, 5) is 25.0. The number of hydrogen-bond donors (Lipinski definition) is 2. The van der Waals surface area contributed by atoms with Crippen LogP contribution in [0.5, 0.6) is 0 Å². The fraction of sp³-hybridized carbons (Fsp3) is 0.556. The maximum atomic E-state index is 11.3. The number of rotatable bonds is 6. The Labute approximate surface area is 98.2 Å². The smallest absolute Gasteiger partial charge is 0.358 e. The van der Waals surface area contributed by atoms with E-state index in [0.29, 0.717) is 6.54 Å². The van der Waals surface area contributed by atoms with Crippen LogP contribution in [0.3, 0.4) is 0 Å². The topological polar surface area (TPSA) is 102 Å². The number of nitrogens with zero attached hydrogens (tertiary/aromatic N) is 3. The van der Waals surface area contributed by atoms with Gasteiger partial charge in [-0.25, -0.2) is 0 Å². The highest BCUT2D eigenvalue weighted by molar-refractivity contribution is 5.80. The summed E-state index contributed by atoms with van der Waals surface area (Å²) >= 11 is 0. The number of imidazole rings is 1. The van der Waals surface area contributed by atoms with E-state index in [4.69, 9.17) is 0 Å². The van der Waals surface area contributed by atoms with Crippen LogP contribution in [-0.4, -0.2) is 33.5 Å². The molecule has 0 unspecified atom stereocenters. The van der Waals surface area contributed by atoms with Crippen molar-refractivity contribution in [3.8, 4) is 0 Å². The van der Waals surface area contributed by atoms with Gasteiger partial charge in [0.1, 0.15) is 0 Å². The van der Waals surface area contributed by atoms with Gasteiger partial charge in [0.25, 0.3) is 0 Å². The van der Waals surface area contributed by atoms with Crippen LogP contribution in [0.25, 0.3) is 0 Å². The quantitative estimate of drug-likeness (QED) is 0.549. The maximum Gasteiger partial charge on any atom is 0.406 e. The molecule has 0 spiro atoms. The third-order valence-corrected chi connectivity index (χ3v) is 2.08. The molecule has 8 nitrogen and oxygen atoms in total. The number of carbonyl (C=O) groups excluding carboxylic acids is 1. The maximum absolute atomic E-state index is 11.3. The first-order valence-electron chi connectivity index (χ1n) is 5.22. The molecular formula is C9H15N5O3. The van der Waals surface area contributed by atoms with E-state index in [1.54, 1.807) is 7.05 Å².